The van der Waals surface area contributed by atoms with E-state index in [0.29, 0.717) is 24.0 Å². The quantitative estimate of drug-likeness (QED) is 0.568. The van der Waals surface area contributed by atoms with Crippen LogP contribution in [0.1, 0.15) is 16.7 Å². The maximum Gasteiger partial charge on any atom is 0.174 e. The predicted octanol–water partition coefficient (Wildman–Crippen LogP) is 4.81. The molecule has 0 saturated carbocycles. The summed E-state index contributed by atoms with van der Waals surface area (Å²) in [6.45, 7) is 3.41. The van der Waals surface area contributed by atoms with Crippen molar-refractivity contribution in [2.45, 2.75) is 20.0 Å². The Morgan fingerprint density at radius 3 is 2.41 bits per heavy atom. The molecule has 0 saturated heterocycles. The molecule has 1 N–H and O–H groups in total. The molecule has 29 heavy (non-hydrogen) atoms. The Morgan fingerprint density at radius 2 is 1.76 bits per heavy atom. The van der Waals surface area contributed by atoms with Crippen LogP contribution in [0.3, 0.4) is 0 Å². The predicted molar refractivity (Wildman–Crippen MR) is 120 cm³/mol. The lowest BCUT2D eigenvalue weighted by Crippen LogP contribution is -2.34. The van der Waals surface area contributed by atoms with Crippen molar-refractivity contribution >= 4 is 23.0 Å². The van der Waals surface area contributed by atoms with Crippen LogP contribution in [0.2, 0.25) is 0 Å². The van der Waals surface area contributed by atoms with Crippen LogP contribution in [0.25, 0.3) is 0 Å². The summed E-state index contributed by atoms with van der Waals surface area (Å²) >= 11 is 5.76. The number of thiocarbonyl (C=S) groups is 1. The summed E-state index contributed by atoms with van der Waals surface area (Å²) < 4.78 is 10.8. The molecule has 0 atom stereocenters. The van der Waals surface area contributed by atoms with Crippen molar-refractivity contribution in [1.29, 1.82) is 0 Å². The molecule has 0 aliphatic carbocycles. The topological polar surface area (TPSA) is 46.6 Å². The van der Waals surface area contributed by atoms with Crippen LogP contribution in [0, 0.1) is 6.92 Å². The van der Waals surface area contributed by atoms with E-state index in [1.54, 1.807) is 20.4 Å². The van der Waals surface area contributed by atoms with Gasteiger partial charge < -0.3 is 19.7 Å². The van der Waals surface area contributed by atoms with Crippen LogP contribution in [-0.4, -0.2) is 29.2 Å². The summed E-state index contributed by atoms with van der Waals surface area (Å²) in [5.74, 6) is 1.40. The summed E-state index contributed by atoms with van der Waals surface area (Å²) in [5, 5.41) is 3.93. The summed E-state index contributed by atoms with van der Waals surface area (Å²) in [5.41, 5.74) is 4.30. The number of hydrogen-bond acceptors (Lipinski definition) is 4. The third-order valence-electron chi connectivity index (χ3n) is 4.53. The fourth-order valence-electron chi connectivity index (χ4n) is 2.92. The maximum atomic E-state index is 5.76. The van der Waals surface area contributed by atoms with Crippen LogP contribution >= 0.6 is 12.2 Å². The van der Waals surface area contributed by atoms with E-state index in [0.717, 1.165) is 17.0 Å². The Balaban J connectivity index is 1.82. The summed E-state index contributed by atoms with van der Waals surface area (Å²) in [6.07, 6.45) is 3.63. The molecule has 0 unspecified atom stereocenters. The van der Waals surface area contributed by atoms with E-state index in [4.69, 9.17) is 21.7 Å². The van der Waals surface area contributed by atoms with Crippen molar-refractivity contribution in [1.82, 2.24) is 9.88 Å². The van der Waals surface area contributed by atoms with Crippen LogP contribution < -0.4 is 14.8 Å². The number of aromatic nitrogens is 1. The fourth-order valence-corrected chi connectivity index (χ4v) is 3.16. The first-order valence-electron chi connectivity index (χ1n) is 9.31. The lowest BCUT2D eigenvalue weighted by atomic mass is 10.1. The zero-order chi connectivity index (χ0) is 20.6. The lowest BCUT2D eigenvalue weighted by Gasteiger charge is -2.27. The van der Waals surface area contributed by atoms with Crippen LogP contribution in [0.4, 0.5) is 5.69 Å². The molecule has 0 radical (unpaired) electrons. The molecule has 0 spiro atoms. The highest BCUT2D eigenvalue weighted by Crippen LogP contribution is 2.29. The minimum Gasteiger partial charge on any atom is -0.497 e. The molecule has 6 heteroatoms. The standard InChI is InChI=1S/C23H25N3O2S/c1-17-6-8-18(9-7-17)15-26(16-19-5-4-12-24-14-19)23(29)25-21-11-10-20(27-2)13-22(21)28-3/h4-14H,15-16H2,1-3H3,(H,25,29). The summed E-state index contributed by atoms with van der Waals surface area (Å²) in [7, 11) is 3.26. The molecule has 3 rings (SSSR count). The fraction of sp³-hybridized carbons (Fsp3) is 0.217. The first kappa shape index (κ1) is 20.6. The second kappa shape index (κ2) is 9.89. The van der Waals surface area contributed by atoms with Gasteiger partial charge in [0.25, 0.3) is 0 Å². The molecule has 0 aliphatic rings. The third-order valence-corrected chi connectivity index (χ3v) is 4.89. The van der Waals surface area contributed by atoms with Gasteiger partial charge in [0, 0.05) is 31.5 Å². The Hall–Kier alpha value is -3.12. The normalized spacial score (nSPS) is 10.3. The van der Waals surface area contributed by atoms with Crippen molar-refractivity contribution in [3.8, 4) is 11.5 Å². The maximum absolute atomic E-state index is 5.76. The Bertz CT molecular complexity index is 946. The van der Waals surface area contributed by atoms with E-state index in [2.05, 4.69) is 46.4 Å². The molecular formula is C23H25N3O2S. The molecule has 0 bridgehead atoms. The molecule has 5 nitrogen and oxygen atoms in total. The lowest BCUT2D eigenvalue weighted by molar-refractivity contribution is 0.394. The molecule has 0 fully saturated rings. The number of anilines is 1. The monoisotopic (exact) mass is 407 g/mol. The molecule has 0 amide bonds. The van der Waals surface area contributed by atoms with E-state index in [1.807, 2.05) is 36.5 Å². The van der Waals surface area contributed by atoms with Crippen molar-refractivity contribution in [3.05, 3.63) is 83.7 Å². The third kappa shape index (κ3) is 5.68. The molecule has 150 valence electrons. The number of methoxy groups -OCH3 is 2. The van der Waals surface area contributed by atoms with E-state index in [9.17, 15) is 0 Å². The minimum atomic E-state index is 0.609. The van der Waals surface area contributed by atoms with Gasteiger partial charge in [-0.25, -0.2) is 0 Å². The van der Waals surface area contributed by atoms with Gasteiger partial charge in [-0.15, -0.1) is 0 Å². The molecule has 0 aliphatic heterocycles. The van der Waals surface area contributed by atoms with E-state index < -0.39 is 0 Å². The van der Waals surface area contributed by atoms with Gasteiger partial charge in [-0.05, 0) is 48.5 Å². The van der Waals surface area contributed by atoms with E-state index in [-0.39, 0.29) is 0 Å². The van der Waals surface area contributed by atoms with Gasteiger partial charge in [-0.3, -0.25) is 4.98 Å². The molecule has 1 aromatic heterocycles. The number of ether oxygens (including phenoxy) is 2. The zero-order valence-electron chi connectivity index (χ0n) is 16.9. The SMILES string of the molecule is COc1ccc(NC(=S)N(Cc2ccc(C)cc2)Cc2cccnc2)c(OC)c1. The number of rotatable bonds is 7. The highest BCUT2D eigenvalue weighted by Gasteiger charge is 2.14. The number of nitrogens with zero attached hydrogens (tertiary/aromatic N) is 2. The van der Waals surface area contributed by atoms with Crippen molar-refractivity contribution in [3.63, 3.8) is 0 Å². The molecule has 1 heterocycles. The first-order valence-corrected chi connectivity index (χ1v) is 9.72. The number of pyridine rings is 1. The van der Waals surface area contributed by atoms with E-state index >= 15 is 0 Å². The molecule has 3 aromatic rings. The first-order chi connectivity index (χ1) is 14.1. The average molecular weight is 408 g/mol. The van der Waals surface area contributed by atoms with Crippen molar-refractivity contribution in [2.75, 3.05) is 19.5 Å². The second-order valence-corrected chi connectivity index (χ2v) is 7.09. The second-order valence-electron chi connectivity index (χ2n) is 6.70. The Labute approximate surface area is 177 Å². The number of hydrogen-bond donors (Lipinski definition) is 1. The zero-order valence-corrected chi connectivity index (χ0v) is 17.7. The van der Waals surface area contributed by atoms with Crippen molar-refractivity contribution in [2.24, 2.45) is 0 Å². The summed E-state index contributed by atoms with van der Waals surface area (Å²) in [6, 6.07) is 18.1. The van der Waals surface area contributed by atoms with Gasteiger partial charge >= 0.3 is 0 Å². The number of aryl methyl sites for hydroxylation is 1. The van der Waals surface area contributed by atoms with Crippen LogP contribution in [-0.2, 0) is 13.1 Å². The van der Waals surface area contributed by atoms with Gasteiger partial charge in [0.15, 0.2) is 5.11 Å². The van der Waals surface area contributed by atoms with Gasteiger partial charge in [-0.1, -0.05) is 35.9 Å². The van der Waals surface area contributed by atoms with Gasteiger partial charge in [-0.2, -0.15) is 0 Å². The largest absolute Gasteiger partial charge is 0.497 e. The number of nitrogens with one attached hydrogen (secondary N) is 1. The highest BCUT2D eigenvalue weighted by molar-refractivity contribution is 7.80. The Morgan fingerprint density at radius 1 is 1.00 bits per heavy atom. The van der Waals surface area contributed by atoms with Gasteiger partial charge in [0.2, 0.25) is 0 Å². The summed E-state index contributed by atoms with van der Waals surface area (Å²) in [4.78, 5) is 6.33. The van der Waals surface area contributed by atoms with Crippen LogP contribution in [0.5, 0.6) is 11.5 Å². The van der Waals surface area contributed by atoms with E-state index in [1.165, 1.54) is 11.1 Å². The Kier molecular flexibility index (Phi) is 7.03. The van der Waals surface area contributed by atoms with Crippen LogP contribution in [0.15, 0.2) is 67.0 Å². The van der Waals surface area contributed by atoms with Gasteiger partial charge in [0.1, 0.15) is 11.5 Å². The molecular weight excluding hydrogens is 382 g/mol. The van der Waals surface area contributed by atoms with Gasteiger partial charge in [0.05, 0.1) is 19.9 Å². The minimum absolute atomic E-state index is 0.609. The highest BCUT2D eigenvalue weighted by atomic mass is 32.1. The smallest absolute Gasteiger partial charge is 0.174 e. The van der Waals surface area contributed by atoms with Crippen molar-refractivity contribution < 1.29 is 9.47 Å². The number of benzene rings is 2. The molecule has 2 aromatic carbocycles. The average Bonchev–Trinajstić information content (AvgIpc) is 2.75.